The van der Waals surface area contributed by atoms with Crippen molar-refractivity contribution in [2.75, 3.05) is 10.6 Å². The molecule has 3 rings (SSSR count). The first-order chi connectivity index (χ1) is 12.5. The Labute approximate surface area is 151 Å². The van der Waals surface area contributed by atoms with Gasteiger partial charge in [-0.1, -0.05) is 37.3 Å². The summed E-state index contributed by atoms with van der Waals surface area (Å²) in [6.07, 6.45) is -0.342. The highest BCUT2D eigenvalue weighted by molar-refractivity contribution is 6.03. The molecule has 1 aliphatic rings. The molecular formula is C19H21N3O4. The van der Waals surface area contributed by atoms with Crippen molar-refractivity contribution in [2.24, 2.45) is 0 Å². The molecule has 1 aromatic carbocycles. The molecule has 0 aliphatic carbocycles. The van der Waals surface area contributed by atoms with Gasteiger partial charge < -0.3 is 15.2 Å². The second-order valence-electron chi connectivity index (χ2n) is 6.04. The number of nitrogen functional groups attached to an aromatic ring is 1. The van der Waals surface area contributed by atoms with Crippen LogP contribution >= 0.6 is 0 Å². The van der Waals surface area contributed by atoms with E-state index in [0.717, 1.165) is 5.56 Å². The van der Waals surface area contributed by atoms with Gasteiger partial charge in [-0.2, -0.15) is 0 Å². The number of pyridine rings is 1. The fourth-order valence-electron chi connectivity index (χ4n) is 2.84. The Morgan fingerprint density at radius 3 is 2.73 bits per heavy atom. The smallest absolute Gasteiger partial charge is 0.329 e. The lowest BCUT2D eigenvalue weighted by Gasteiger charge is -2.35. The average molecular weight is 355 g/mol. The molecule has 26 heavy (non-hydrogen) atoms. The van der Waals surface area contributed by atoms with Gasteiger partial charge in [0.05, 0.1) is 0 Å². The van der Waals surface area contributed by atoms with Crippen LogP contribution < -0.4 is 15.4 Å². The van der Waals surface area contributed by atoms with Crippen LogP contribution in [-0.4, -0.2) is 29.0 Å². The first-order valence-corrected chi connectivity index (χ1v) is 8.48. The second-order valence-corrected chi connectivity index (χ2v) is 6.04. The Morgan fingerprint density at radius 1 is 1.31 bits per heavy atom. The number of nitrogens with two attached hydrogens (primary N) is 1. The number of fused-ring (bicyclic) bond motifs is 1. The van der Waals surface area contributed by atoms with Gasteiger partial charge in [-0.15, -0.1) is 0 Å². The van der Waals surface area contributed by atoms with Gasteiger partial charge in [0.1, 0.15) is 18.5 Å². The highest BCUT2D eigenvalue weighted by atomic mass is 16.5. The van der Waals surface area contributed by atoms with E-state index in [0.29, 0.717) is 12.2 Å². The van der Waals surface area contributed by atoms with Crippen molar-refractivity contribution >= 4 is 23.5 Å². The lowest BCUT2D eigenvalue weighted by molar-refractivity contribution is -0.148. The second kappa shape index (κ2) is 7.43. The van der Waals surface area contributed by atoms with Crippen LogP contribution in [0.25, 0.3) is 0 Å². The van der Waals surface area contributed by atoms with Gasteiger partial charge in [0.15, 0.2) is 17.7 Å². The molecule has 1 aromatic heterocycles. The zero-order chi connectivity index (χ0) is 18.7. The molecule has 2 aromatic rings. The van der Waals surface area contributed by atoms with Crippen molar-refractivity contribution in [1.29, 1.82) is 0 Å². The molecular weight excluding hydrogens is 334 g/mol. The SMILES string of the molecule is CCC(C(=O)OCc1ccccc1)N1C(=O)C(C)Oc2ccc(N)nc21. The molecule has 2 atom stereocenters. The number of amides is 1. The van der Waals surface area contributed by atoms with E-state index < -0.39 is 18.1 Å². The van der Waals surface area contributed by atoms with E-state index in [1.807, 2.05) is 37.3 Å². The Kier molecular flexibility index (Phi) is 5.06. The molecule has 2 heterocycles. The highest BCUT2D eigenvalue weighted by Gasteiger charge is 2.40. The molecule has 0 fully saturated rings. The van der Waals surface area contributed by atoms with Crippen molar-refractivity contribution in [3.63, 3.8) is 0 Å². The van der Waals surface area contributed by atoms with Gasteiger partial charge >= 0.3 is 5.97 Å². The fraction of sp³-hybridized carbons (Fsp3) is 0.316. The molecule has 0 saturated heterocycles. The van der Waals surface area contributed by atoms with Crippen LogP contribution in [0.1, 0.15) is 25.8 Å². The number of carbonyl (C=O) groups excluding carboxylic acids is 2. The molecule has 2 N–H and O–H groups in total. The third kappa shape index (κ3) is 3.46. The minimum absolute atomic E-state index is 0.140. The summed E-state index contributed by atoms with van der Waals surface area (Å²) in [5, 5.41) is 0. The number of hydrogen-bond donors (Lipinski definition) is 1. The molecule has 1 amide bonds. The zero-order valence-electron chi connectivity index (χ0n) is 14.7. The maximum absolute atomic E-state index is 12.7. The number of anilines is 2. The molecule has 136 valence electrons. The van der Waals surface area contributed by atoms with Gasteiger partial charge in [0, 0.05) is 0 Å². The van der Waals surface area contributed by atoms with Gasteiger partial charge in [-0.25, -0.2) is 9.78 Å². The van der Waals surface area contributed by atoms with Gasteiger partial charge in [-0.3, -0.25) is 9.69 Å². The number of rotatable bonds is 5. The maximum Gasteiger partial charge on any atom is 0.329 e. The van der Waals surface area contributed by atoms with E-state index in [1.165, 1.54) is 4.90 Å². The molecule has 0 spiro atoms. The summed E-state index contributed by atoms with van der Waals surface area (Å²) in [5.74, 6) is 0.0671. The standard InChI is InChI=1S/C19H21N3O4/c1-3-14(19(24)25-11-13-7-5-4-6-8-13)22-17-15(9-10-16(20)21-17)26-12(2)18(22)23/h4-10,12,14H,3,11H2,1-2H3,(H2,20,21). The Hall–Kier alpha value is -3.09. The van der Waals surface area contributed by atoms with Gasteiger partial charge in [0.2, 0.25) is 0 Å². The predicted molar refractivity (Wildman–Crippen MR) is 96.5 cm³/mol. The Bertz CT molecular complexity index is 810. The van der Waals surface area contributed by atoms with Crippen LogP contribution in [0.3, 0.4) is 0 Å². The Balaban J connectivity index is 1.85. The normalized spacial score (nSPS) is 17.2. The third-order valence-corrected chi connectivity index (χ3v) is 4.17. The van der Waals surface area contributed by atoms with E-state index in [1.54, 1.807) is 19.1 Å². The van der Waals surface area contributed by atoms with E-state index in [2.05, 4.69) is 4.98 Å². The van der Waals surface area contributed by atoms with Crippen LogP contribution in [0.15, 0.2) is 42.5 Å². The van der Waals surface area contributed by atoms with Gasteiger partial charge in [0.25, 0.3) is 5.91 Å². The number of esters is 1. The summed E-state index contributed by atoms with van der Waals surface area (Å²) in [6.45, 7) is 3.59. The summed E-state index contributed by atoms with van der Waals surface area (Å²) in [5.41, 5.74) is 6.63. The number of hydrogen-bond acceptors (Lipinski definition) is 6. The maximum atomic E-state index is 12.7. The zero-order valence-corrected chi connectivity index (χ0v) is 14.7. The van der Waals surface area contributed by atoms with Crippen molar-refractivity contribution in [1.82, 2.24) is 4.98 Å². The van der Waals surface area contributed by atoms with Crippen molar-refractivity contribution in [3.8, 4) is 5.75 Å². The summed E-state index contributed by atoms with van der Waals surface area (Å²) in [7, 11) is 0. The monoisotopic (exact) mass is 355 g/mol. The average Bonchev–Trinajstić information content (AvgIpc) is 2.65. The number of ether oxygens (including phenoxy) is 2. The number of aromatic nitrogens is 1. The number of nitrogens with zero attached hydrogens (tertiary/aromatic N) is 2. The summed E-state index contributed by atoms with van der Waals surface area (Å²) in [4.78, 5) is 30.9. The van der Waals surface area contributed by atoms with Crippen LogP contribution in [0.5, 0.6) is 5.75 Å². The topological polar surface area (TPSA) is 94.8 Å². The van der Waals surface area contributed by atoms with E-state index >= 15 is 0 Å². The Morgan fingerprint density at radius 2 is 2.04 bits per heavy atom. The van der Waals surface area contributed by atoms with Gasteiger partial charge in [-0.05, 0) is 31.0 Å². The van der Waals surface area contributed by atoms with Crippen LogP contribution in [0, 0.1) is 0 Å². The first kappa shape index (κ1) is 17.7. The lowest BCUT2D eigenvalue weighted by atomic mass is 10.1. The molecule has 1 aliphatic heterocycles. The van der Waals surface area contributed by atoms with Crippen molar-refractivity contribution in [2.45, 2.75) is 39.0 Å². The van der Waals surface area contributed by atoms with Crippen LogP contribution in [0.2, 0.25) is 0 Å². The molecule has 2 unspecified atom stereocenters. The van der Waals surface area contributed by atoms with E-state index in [-0.39, 0.29) is 24.1 Å². The molecule has 0 radical (unpaired) electrons. The van der Waals surface area contributed by atoms with E-state index in [9.17, 15) is 9.59 Å². The molecule has 0 bridgehead atoms. The fourth-order valence-corrected chi connectivity index (χ4v) is 2.84. The lowest BCUT2D eigenvalue weighted by Crippen LogP contribution is -2.53. The predicted octanol–water partition coefficient (Wildman–Crippen LogP) is 2.30. The molecule has 7 nitrogen and oxygen atoms in total. The summed E-state index contributed by atoms with van der Waals surface area (Å²) < 4.78 is 11.0. The van der Waals surface area contributed by atoms with Crippen molar-refractivity contribution < 1.29 is 19.1 Å². The van der Waals surface area contributed by atoms with Crippen LogP contribution in [-0.2, 0) is 20.9 Å². The molecule has 0 saturated carbocycles. The minimum Gasteiger partial charge on any atom is -0.477 e. The number of carbonyl (C=O) groups is 2. The van der Waals surface area contributed by atoms with Crippen LogP contribution in [0.4, 0.5) is 11.6 Å². The highest BCUT2D eigenvalue weighted by Crippen LogP contribution is 2.35. The quantitative estimate of drug-likeness (QED) is 0.827. The molecule has 7 heteroatoms. The minimum atomic E-state index is -0.800. The van der Waals surface area contributed by atoms with E-state index in [4.69, 9.17) is 15.2 Å². The first-order valence-electron chi connectivity index (χ1n) is 8.48. The number of benzene rings is 1. The van der Waals surface area contributed by atoms with Crippen molar-refractivity contribution in [3.05, 3.63) is 48.0 Å². The summed E-state index contributed by atoms with van der Waals surface area (Å²) >= 11 is 0. The largest absolute Gasteiger partial charge is 0.477 e. The third-order valence-electron chi connectivity index (χ3n) is 4.17. The summed E-state index contributed by atoms with van der Waals surface area (Å²) in [6, 6.07) is 11.8.